The number of aliphatic imine (C=N–C) groups is 1. The topological polar surface area (TPSA) is 52.6 Å². The van der Waals surface area contributed by atoms with E-state index in [1.54, 1.807) is 11.3 Å². The van der Waals surface area contributed by atoms with E-state index in [4.69, 9.17) is 0 Å². The molecule has 0 radical (unpaired) electrons. The molecule has 0 saturated carbocycles. The molecule has 2 heterocycles. The SMILES string of the molecule is CCNC(=NCc1nc(C)c(C)s1)NCCN1CCCCC1CC.I. The van der Waals surface area contributed by atoms with Crippen molar-refractivity contribution in [1.82, 2.24) is 20.5 Å². The third-order valence-electron chi connectivity index (χ3n) is 4.70. The molecule has 1 aromatic rings. The van der Waals surface area contributed by atoms with Gasteiger partial charge in [-0.3, -0.25) is 4.90 Å². The van der Waals surface area contributed by atoms with Gasteiger partial charge in [0.15, 0.2) is 5.96 Å². The van der Waals surface area contributed by atoms with E-state index < -0.39 is 0 Å². The number of piperidine rings is 1. The molecule has 0 bridgehead atoms. The minimum Gasteiger partial charge on any atom is -0.357 e. The molecular formula is C18H34IN5S. The summed E-state index contributed by atoms with van der Waals surface area (Å²) in [7, 11) is 0. The van der Waals surface area contributed by atoms with Gasteiger partial charge in [-0.05, 0) is 46.6 Å². The van der Waals surface area contributed by atoms with Crippen LogP contribution in [0.1, 0.15) is 55.1 Å². The van der Waals surface area contributed by atoms with Gasteiger partial charge in [0.1, 0.15) is 5.01 Å². The number of thiazole rings is 1. The fourth-order valence-electron chi connectivity index (χ4n) is 3.23. The van der Waals surface area contributed by atoms with E-state index in [0.717, 1.165) is 42.3 Å². The Balaban J connectivity index is 0.00000312. The van der Waals surface area contributed by atoms with E-state index in [0.29, 0.717) is 6.54 Å². The molecule has 1 fully saturated rings. The number of guanidine groups is 1. The maximum atomic E-state index is 4.68. The predicted molar refractivity (Wildman–Crippen MR) is 119 cm³/mol. The molecule has 1 saturated heterocycles. The Morgan fingerprint density at radius 2 is 2.08 bits per heavy atom. The number of nitrogens with zero attached hydrogens (tertiary/aromatic N) is 3. The van der Waals surface area contributed by atoms with E-state index in [2.05, 4.69) is 53.2 Å². The second-order valence-corrected chi connectivity index (χ2v) is 7.75. The summed E-state index contributed by atoms with van der Waals surface area (Å²) in [6, 6.07) is 0.765. The standard InChI is InChI=1S/C18H33N5S.HI/c1-5-16-9-7-8-11-23(16)12-10-20-18(19-6-2)21-13-17-22-14(3)15(4)24-17;/h16H,5-13H2,1-4H3,(H2,19,20,21);1H. The number of aromatic nitrogens is 1. The summed E-state index contributed by atoms with van der Waals surface area (Å²) >= 11 is 1.74. The van der Waals surface area contributed by atoms with Gasteiger partial charge in [-0.1, -0.05) is 13.3 Å². The van der Waals surface area contributed by atoms with Crippen LogP contribution in [0.4, 0.5) is 0 Å². The number of nitrogens with one attached hydrogen (secondary N) is 2. The van der Waals surface area contributed by atoms with Crippen molar-refractivity contribution in [1.29, 1.82) is 0 Å². The van der Waals surface area contributed by atoms with Crippen LogP contribution in [0.15, 0.2) is 4.99 Å². The molecule has 7 heteroatoms. The highest BCUT2D eigenvalue weighted by Gasteiger charge is 2.19. The lowest BCUT2D eigenvalue weighted by molar-refractivity contribution is 0.147. The third kappa shape index (κ3) is 7.38. The molecular weight excluding hydrogens is 445 g/mol. The maximum Gasteiger partial charge on any atom is 0.191 e. The zero-order chi connectivity index (χ0) is 17.4. The first-order valence-corrected chi connectivity index (χ1v) is 10.1. The first-order chi connectivity index (χ1) is 11.6. The van der Waals surface area contributed by atoms with Crippen molar-refractivity contribution in [3.05, 3.63) is 15.6 Å². The van der Waals surface area contributed by atoms with E-state index >= 15 is 0 Å². The zero-order valence-electron chi connectivity index (χ0n) is 16.1. The van der Waals surface area contributed by atoms with Gasteiger partial charge in [-0.15, -0.1) is 35.3 Å². The number of hydrogen-bond acceptors (Lipinski definition) is 4. The molecule has 1 atom stereocenters. The fourth-order valence-corrected chi connectivity index (χ4v) is 4.09. The third-order valence-corrected chi connectivity index (χ3v) is 5.76. The minimum atomic E-state index is 0. The van der Waals surface area contributed by atoms with Crippen LogP contribution in [-0.2, 0) is 6.54 Å². The molecule has 2 N–H and O–H groups in total. The quantitative estimate of drug-likeness (QED) is 0.356. The van der Waals surface area contributed by atoms with Crippen LogP contribution in [-0.4, -0.2) is 48.1 Å². The molecule has 2 rings (SSSR count). The summed E-state index contributed by atoms with van der Waals surface area (Å²) < 4.78 is 0. The smallest absolute Gasteiger partial charge is 0.191 e. The molecule has 0 aromatic carbocycles. The summed E-state index contributed by atoms with van der Waals surface area (Å²) in [4.78, 5) is 13.2. The van der Waals surface area contributed by atoms with Crippen molar-refractivity contribution in [3.8, 4) is 0 Å². The van der Waals surface area contributed by atoms with E-state index in [9.17, 15) is 0 Å². The lowest BCUT2D eigenvalue weighted by atomic mass is 10.0. The monoisotopic (exact) mass is 479 g/mol. The highest BCUT2D eigenvalue weighted by atomic mass is 127. The number of likely N-dealkylation sites (tertiary alicyclic amines) is 1. The van der Waals surface area contributed by atoms with Crippen molar-refractivity contribution in [3.63, 3.8) is 0 Å². The Kier molecular flexibility index (Phi) is 10.9. The normalized spacial score (nSPS) is 18.7. The molecule has 1 aromatic heterocycles. The summed E-state index contributed by atoms with van der Waals surface area (Å²) in [6.07, 6.45) is 5.34. The second kappa shape index (κ2) is 12.1. The van der Waals surface area contributed by atoms with Crippen LogP contribution in [0, 0.1) is 13.8 Å². The van der Waals surface area contributed by atoms with Gasteiger partial charge in [-0.2, -0.15) is 0 Å². The van der Waals surface area contributed by atoms with E-state index in [-0.39, 0.29) is 24.0 Å². The van der Waals surface area contributed by atoms with Crippen molar-refractivity contribution in [2.24, 2.45) is 4.99 Å². The number of hydrogen-bond donors (Lipinski definition) is 2. The van der Waals surface area contributed by atoms with Crippen molar-refractivity contribution in [2.75, 3.05) is 26.2 Å². The number of aryl methyl sites for hydroxylation is 2. The Morgan fingerprint density at radius 1 is 1.28 bits per heavy atom. The van der Waals surface area contributed by atoms with Gasteiger partial charge >= 0.3 is 0 Å². The molecule has 0 amide bonds. The molecule has 1 aliphatic heterocycles. The van der Waals surface area contributed by atoms with Gasteiger partial charge in [0.25, 0.3) is 0 Å². The Bertz CT molecular complexity index is 512. The first kappa shape index (κ1) is 22.6. The summed E-state index contributed by atoms with van der Waals surface area (Å²) in [5.41, 5.74) is 1.12. The van der Waals surface area contributed by atoms with Crippen LogP contribution in [0.25, 0.3) is 0 Å². The van der Waals surface area contributed by atoms with Crippen molar-refractivity contribution >= 4 is 41.3 Å². The molecule has 1 aliphatic rings. The van der Waals surface area contributed by atoms with Crippen LogP contribution < -0.4 is 10.6 Å². The summed E-state index contributed by atoms with van der Waals surface area (Å²) in [5.74, 6) is 0.896. The molecule has 144 valence electrons. The van der Waals surface area contributed by atoms with E-state index in [1.165, 1.54) is 37.1 Å². The summed E-state index contributed by atoms with van der Waals surface area (Å²) in [6.45, 7) is 13.4. The van der Waals surface area contributed by atoms with Crippen LogP contribution >= 0.6 is 35.3 Å². The number of halogens is 1. The Hall–Kier alpha value is -0.410. The molecule has 5 nitrogen and oxygen atoms in total. The Morgan fingerprint density at radius 3 is 2.72 bits per heavy atom. The van der Waals surface area contributed by atoms with Crippen LogP contribution in [0.3, 0.4) is 0 Å². The number of rotatable bonds is 7. The van der Waals surface area contributed by atoms with Crippen LogP contribution in [0.5, 0.6) is 0 Å². The van der Waals surface area contributed by atoms with Gasteiger partial charge in [-0.25, -0.2) is 9.98 Å². The maximum absolute atomic E-state index is 4.68. The lowest BCUT2D eigenvalue weighted by Gasteiger charge is -2.35. The molecule has 1 unspecified atom stereocenters. The zero-order valence-corrected chi connectivity index (χ0v) is 19.2. The first-order valence-electron chi connectivity index (χ1n) is 9.33. The van der Waals surface area contributed by atoms with Crippen LogP contribution in [0.2, 0.25) is 0 Å². The van der Waals surface area contributed by atoms with Gasteiger partial charge in [0.2, 0.25) is 0 Å². The van der Waals surface area contributed by atoms with Crippen molar-refractivity contribution < 1.29 is 0 Å². The minimum absolute atomic E-state index is 0. The molecule has 0 spiro atoms. The molecule has 25 heavy (non-hydrogen) atoms. The molecule has 0 aliphatic carbocycles. The van der Waals surface area contributed by atoms with Gasteiger partial charge < -0.3 is 10.6 Å². The summed E-state index contributed by atoms with van der Waals surface area (Å²) in [5, 5.41) is 7.90. The van der Waals surface area contributed by atoms with Crippen molar-refractivity contribution in [2.45, 2.75) is 66.0 Å². The second-order valence-electron chi connectivity index (χ2n) is 6.46. The van der Waals surface area contributed by atoms with Gasteiger partial charge in [0.05, 0.1) is 12.2 Å². The highest BCUT2D eigenvalue weighted by molar-refractivity contribution is 14.0. The average Bonchev–Trinajstić information content (AvgIpc) is 2.91. The average molecular weight is 479 g/mol. The fraction of sp³-hybridized carbons (Fsp3) is 0.778. The van der Waals surface area contributed by atoms with Gasteiger partial charge in [0, 0.05) is 30.6 Å². The largest absolute Gasteiger partial charge is 0.357 e. The highest BCUT2D eigenvalue weighted by Crippen LogP contribution is 2.18. The lowest BCUT2D eigenvalue weighted by Crippen LogP contribution is -2.45. The Labute approximate surface area is 174 Å². The predicted octanol–water partition coefficient (Wildman–Crippen LogP) is 3.70. The van der Waals surface area contributed by atoms with E-state index in [1.807, 2.05) is 0 Å².